The summed E-state index contributed by atoms with van der Waals surface area (Å²) in [6, 6.07) is -0.953. The average Bonchev–Trinajstić information content (AvgIpc) is 2.56. The van der Waals surface area contributed by atoms with Crippen molar-refractivity contribution >= 4 is 18.3 Å². The lowest BCUT2D eigenvalue weighted by molar-refractivity contribution is 0.000518. The summed E-state index contributed by atoms with van der Waals surface area (Å²) in [6.45, 7) is 3.61. The zero-order valence-electron chi connectivity index (χ0n) is 13.6. The number of alkyl carbamates (subject to hydrolysis) is 2. The van der Waals surface area contributed by atoms with Crippen LogP contribution in [0.1, 0.15) is 13.8 Å². The molecule has 4 N–H and O–H groups in total. The molecule has 0 aromatic carbocycles. The molecule has 2 amide bonds. The Morgan fingerprint density at radius 2 is 1.62 bits per heavy atom. The second-order valence-electron chi connectivity index (χ2n) is 4.36. The number of carbonyl (C=O) groups is 3. The van der Waals surface area contributed by atoms with Crippen molar-refractivity contribution in [3.63, 3.8) is 0 Å². The molecule has 0 saturated carbocycles. The van der Waals surface area contributed by atoms with Crippen LogP contribution < -0.4 is 10.6 Å². The van der Waals surface area contributed by atoms with Crippen LogP contribution in [-0.2, 0) is 18.9 Å². The van der Waals surface area contributed by atoms with E-state index in [-0.39, 0.29) is 39.1 Å². The number of aliphatic hydroxyl groups is 2. The van der Waals surface area contributed by atoms with Crippen molar-refractivity contribution in [1.29, 1.82) is 0 Å². The summed E-state index contributed by atoms with van der Waals surface area (Å²) in [6.07, 6.45) is -1.86. The second-order valence-corrected chi connectivity index (χ2v) is 4.36. The molecule has 11 nitrogen and oxygen atoms in total. The summed E-state index contributed by atoms with van der Waals surface area (Å²) in [4.78, 5) is 31.9. The fourth-order valence-electron chi connectivity index (χ4n) is 1.34. The van der Waals surface area contributed by atoms with Gasteiger partial charge in [-0.25, -0.2) is 14.4 Å². The maximum absolute atomic E-state index is 10.9. The number of cyclic esters (lactones) is 2. The SMILES string of the molecule is CCOC(=O)NC(CO)CO.CCOC(=O)NC1COC(=O)OC1. The molecule has 11 heteroatoms. The lowest BCUT2D eigenvalue weighted by atomic mass is 10.3. The van der Waals surface area contributed by atoms with Gasteiger partial charge in [0.15, 0.2) is 0 Å². The Balaban J connectivity index is 0.000000449. The highest BCUT2D eigenvalue weighted by Gasteiger charge is 2.22. The minimum absolute atomic E-state index is 0.123. The van der Waals surface area contributed by atoms with Crippen LogP contribution in [0.15, 0.2) is 0 Å². The Morgan fingerprint density at radius 1 is 1.12 bits per heavy atom. The van der Waals surface area contributed by atoms with E-state index in [1.807, 2.05) is 0 Å². The van der Waals surface area contributed by atoms with Crippen molar-refractivity contribution in [2.75, 3.05) is 39.6 Å². The van der Waals surface area contributed by atoms with Crippen LogP contribution in [0.5, 0.6) is 0 Å². The van der Waals surface area contributed by atoms with Crippen LogP contribution in [0.4, 0.5) is 14.4 Å². The molecular formula is C13H24N2O9. The minimum Gasteiger partial charge on any atom is -0.450 e. The predicted molar refractivity (Wildman–Crippen MR) is 79.4 cm³/mol. The Labute approximate surface area is 139 Å². The first-order valence-corrected chi connectivity index (χ1v) is 7.34. The van der Waals surface area contributed by atoms with E-state index in [1.54, 1.807) is 13.8 Å². The van der Waals surface area contributed by atoms with Crippen LogP contribution in [0, 0.1) is 0 Å². The third-order valence-corrected chi connectivity index (χ3v) is 2.44. The molecule has 0 spiro atoms. The van der Waals surface area contributed by atoms with Gasteiger partial charge in [-0.15, -0.1) is 0 Å². The Hall–Kier alpha value is -2.27. The summed E-state index contributed by atoms with van der Waals surface area (Å²) < 4.78 is 18.2. The zero-order chi connectivity index (χ0) is 18.4. The van der Waals surface area contributed by atoms with Gasteiger partial charge in [0, 0.05) is 0 Å². The molecule has 0 unspecified atom stereocenters. The van der Waals surface area contributed by atoms with Gasteiger partial charge in [-0.3, -0.25) is 0 Å². The van der Waals surface area contributed by atoms with Crippen molar-refractivity contribution in [3.8, 4) is 0 Å². The third-order valence-electron chi connectivity index (χ3n) is 2.44. The molecule has 0 bridgehead atoms. The highest BCUT2D eigenvalue weighted by Crippen LogP contribution is 1.99. The quantitative estimate of drug-likeness (QED) is 0.361. The monoisotopic (exact) mass is 352 g/mol. The van der Waals surface area contributed by atoms with Gasteiger partial charge in [0.1, 0.15) is 19.3 Å². The number of aliphatic hydroxyl groups excluding tert-OH is 2. The van der Waals surface area contributed by atoms with Gasteiger partial charge >= 0.3 is 18.3 Å². The number of rotatable bonds is 6. The molecule has 1 saturated heterocycles. The number of amides is 2. The molecule has 1 aliphatic heterocycles. The van der Waals surface area contributed by atoms with E-state index in [4.69, 9.17) is 10.2 Å². The lowest BCUT2D eigenvalue weighted by Crippen LogP contribution is -2.45. The minimum atomic E-state index is -0.707. The van der Waals surface area contributed by atoms with Crippen molar-refractivity contribution in [3.05, 3.63) is 0 Å². The molecule has 0 radical (unpaired) electrons. The predicted octanol–water partition coefficient (Wildman–Crippen LogP) is -0.646. The van der Waals surface area contributed by atoms with E-state index >= 15 is 0 Å². The highest BCUT2D eigenvalue weighted by molar-refractivity contribution is 5.68. The maximum Gasteiger partial charge on any atom is 0.508 e. The van der Waals surface area contributed by atoms with Gasteiger partial charge < -0.3 is 39.8 Å². The fourth-order valence-corrected chi connectivity index (χ4v) is 1.34. The highest BCUT2D eigenvalue weighted by atomic mass is 16.7. The molecule has 0 aromatic rings. The summed E-state index contributed by atoms with van der Waals surface area (Å²) in [5.74, 6) is 0. The molecule has 140 valence electrons. The number of carbonyl (C=O) groups excluding carboxylic acids is 3. The third kappa shape index (κ3) is 10.5. The first-order valence-electron chi connectivity index (χ1n) is 7.34. The summed E-state index contributed by atoms with van der Waals surface area (Å²) in [5.41, 5.74) is 0. The van der Waals surface area contributed by atoms with Gasteiger partial charge in [-0.05, 0) is 13.8 Å². The van der Waals surface area contributed by atoms with E-state index in [9.17, 15) is 14.4 Å². The molecule has 0 aromatic heterocycles. The molecule has 0 aliphatic carbocycles. The first kappa shape index (κ1) is 21.7. The normalized spacial score (nSPS) is 13.8. The van der Waals surface area contributed by atoms with Gasteiger partial charge in [0.25, 0.3) is 0 Å². The molecule has 24 heavy (non-hydrogen) atoms. The summed E-state index contributed by atoms with van der Waals surface area (Å²) in [7, 11) is 0. The van der Waals surface area contributed by atoms with E-state index in [2.05, 4.69) is 29.6 Å². The molecule has 1 fully saturated rings. The van der Waals surface area contributed by atoms with Crippen LogP contribution in [0.3, 0.4) is 0 Å². The number of hydrogen-bond donors (Lipinski definition) is 4. The smallest absolute Gasteiger partial charge is 0.450 e. The van der Waals surface area contributed by atoms with Crippen LogP contribution in [0.2, 0.25) is 0 Å². The first-order chi connectivity index (χ1) is 11.5. The van der Waals surface area contributed by atoms with Crippen molar-refractivity contribution < 1.29 is 43.5 Å². The van der Waals surface area contributed by atoms with E-state index < -0.39 is 24.4 Å². The van der Waals surface area contributed by atoms with Crippen molar-refractivity contribution in [2.24, 2.45) is 0 Å². The average molecular weight is 352 g/mol. The van der Waals surface area contributed by atoms with Gasteiger partial charge in [0.2, 0.25) is 0 Å². The van der Waals surface area contributed by atoms with Crippen molar-refractivity contribution in [1.82, 2.24) is 10.6 Å². The Morgan fingerprint density at radius 3 is 2.08 bits per heavy atom. The number of ether oxygens (including phenoxy) is 4. The summed E-state index contributed by atoms with van der Waals surface area (Å²) >= 11 is 0. The second kappa shape index (κ2) is 13.2. The Bertz CT molecular complexity index is 378. The Kier molecular flexibility index (Phi) is 11.9. The van der Waals surface area contributed by atoms with E-state index in [0.29, 0.717) is 6.61 Å². The summed E-state index contributed by atoms with van der Waals surface area (Å²) in [5, 5.41) is 21.8. The van der Waals surface area contributed by atoms with Gasteiger partial charge in [-0.2, -0.15) is 0 Å². The molecule has 1 heterocycles. The molecule has 1 rings (SSSR count). The topological polar surface area (TPSA) is 153 Å². The number of nitrogens with one attached hydrogen (secondary N) is 2. The molecular weight excluding hydrogens is 328 g/mol. The standard InChI is InChI=1S/C7H11NO5.C6H13NO4/c1-2-11-6(9)8-5-3-12-7(10)13-4-5;1-2-11-6(10)7-5(3-8)4-9/h5H,2-4H2,1H3,(H,8,9);5,8-9H,2-4H2,1H3,(H,7,10). The van der Waals surface area contributed by atoms with Crippen LogP contribution in [0.25, 0.3) is 0 Å². The molecule has 0 atom stereocenters. The maximum atomic E-state index is 10.9. The zero-order valence-corrected chi connectivity index (χ0v) is 13.6. The van der Waals surface area contributed by atoms with Crippen LogP contribution in [-0.4, -0.2) is 80.3 Å². The lowest BCUT2D eigenvalue weighted by Gasteiger charge is -2.22. The largest absolute Gasteiger partial charge is 0.508 e. The van der Waals surface area contributed by atoms with E-state index in [0.717, 1.165) is 0 Å². The van der Waals surface area contributed by atoms with Crippen LogP contribution >= 0.6 is 0 Å². The van der Waals surface area contributed by atoms with E-state index in [1.165, 1.54) is 0 Å². The van der Waals surface area contributed by atoms with Crippen molar-refractivity contribution in [2.45, 2.75) is 25.9 Å². The molecule has 1 aliphatic rings. The fraction of sp³-hybridized carbons (Fsp3) is 0.769. The number of hydrogen-bond acceptors (Lipinski definition) is 9. The van der Waals surface area contributed by atoms with Gasteiger partial charge in [-0.1, -0.05) is 0 Å². The van der Waals surface area contributed by atoms with Gasteiger partial charge in [0.05, 0.1) is 32.5 Å².